The fraction of sp³-hybridized carbons (Fsp3) is 0.500. The predicted octanol–water partition coefficient (Wildman–Crippen LogP) is 2.15. The number of hydrogen-bond donors (Lipinski definition) is 0. The number of benzene rings is 1. The van der Waals surface area contributed by atoms with E-state index in [9.17, 15) is 4.79 Å². The highest BCUT2D eigenvalue weighted by molar-refractivity contribution is 9.10. The van der Waals surface area contributed by atoms with Gasteiger partial charge in [0.25, 0.3) is 0 Å². The Labute approximate surface area is 117 Å². The van der Waals surface area contributed by atoms with E-state index in [-0.39, 0.29) is 5.91 Å². The summed E-state index contributed by atoms with van der Waals surface area (Å²) in [4.78, 5) is 16.5. The Bertz CT molecular complexity index is 418. The van der Waals surface area contributed by atoms with Crippen LogP contribution in [0.4, 0.5) is 0 Å². The molecule has 0 N–H and O–H groups in total. The van der Waals surface area contributed by atoms with E-state index in [1.165, 1.54) is 0 Å². The van der Waals surface area contributed by atoms with Crippen molar-refractivity contribution in [3.05, 3.63) is 34.3 Å². The minimum atomic E-state index is 0.234. The lowest BCUT2D eigenvalue weighted by Crippen LogP contribution is -2.53. The number of carbonyl (C=O) groups is 1. The van der Waals surface area contributed by atoms with Crippen LogP contribution >= 0.6 is 15.9 Å². The third-order valence-corrected chi connectivity index (χ3v) is 3.95. The summed E-state index contributed by atoms with van der Waals surface area (Å²) in [6.45, 7) is 4.89. The Morgan fingerprint density at radius 2 is 2.00 bits per heavy atom. The van der Waals surface area contributed by atoms with Crippen molar-refractivity contribution < 1.29 is 4.79 Å². The van der Waals surface area contributed by atoms with Gasteiger partial charge in [0.1, 0.15) is 0 Å². The molecule has 0 bridgehead atoms. The predicted molar refractivity (Wildman–Crippen MR) is 76.5 cm³/mol. The summed E-state index contributed by atoms with van der Waals surface area (Å²) in [5.41, 5.74) is 1.08. The Hall–Kier alpha value is -0.870. The van der Waals surface area contributed by atoms with Crippen molar-refractivity contribution in [2.45, 2.75) is 19.4 Å². The van der Waals surface area contributed by atoms with Gasteiger partial charge < -0.3 is 9.80 Å². The van der Waals surface area contributed by atoms with Gasteiger partial charge in [-0.05, 0) is 31.7 Å². The number of nitrogens with zero attached hydrogens (tertiary/aromatic N) is 2. The van der Waals surface area contributed by atoms with Crippen molar-refractivity contribution in [2.75, 3.05) is 26.7 Å². The van der Waals surface area contributed by atoms with Crippen LogP contribution in [0.15, 0.2) is 28.7 Å². The van der Waals surface area contributed by atoms with Crippen LogP contribution in [0.2, 0.25) is 0 Å². The molecule has 1 amide bonds. The van der Waals surface area contributed by atoms with E-state index in [2.05, 4.69) is 34.8 Å². The van der Waals surface area contributed by atoms with E-state index in [4.69, 9.17) is 0 Å². The zero-order valence-electron chi connectivity index (χ0n) is 10.9. The van der Waals surface area contributed by atoms with Gasteiger partial charge in [-0.1, -0.05) is 28.1 Å². The van der Waals surface area contributed by atoms with Crippen LogP contribution in [-0.2, 0) is 11.2 Å². The van der Waals surface area contributed by atoms with Crippen molar-refractivity contribution in [1.82, 2.24) is 9.80 Å². The topological polar surface area (TPSA) is 23.6 Å². The van der Waals surface area contributed by atoms with Crippen molar-refractivity contribution >= 4 is 21.8 Å². The fourth-order valence-electron chi connectivity index (χ4n) is 2.39. The van der Waals surface area contributed by atoms with E-state index in [1.54, 1.807) is 0 Å². The number of carbonyl (C=O) groups excluding carboxylic acids is 1. The van der Waals surface area contributed by atoms with Gasteiger partial charge in [0, 0.05) is 30.1 Å². The molecule has 1 aromatic rings. The SMILES string of the molecule is CC1CN(C)CCN1C(=O)Cc1ccc(Br)cc1. The number of piperazine rings is 1. The molecule has 0 spiro atoms. The van der Waals surface area contributed by atoms with Crippen molar-refractivity contribution in [3.63, 3.8) is 0 Å². The first kappa shape index (κ1) is 13.6. The highest BCUT2D eigenvalue weighted by Gasteiger charge is 2.25. The third kappa shape index (κ3) is 3.33. The standard InChI is InChI=1S/C14H19BrN2O/c1-11-10-16(2)7-8-17(11)14(18)9-12-3-5-13(15)6-4-12/h3-6,11H,7-10H2,1-2H3. The zero-order chi connectivity index (χ0) is 13.1. The Morgan fingerprint density at radius 3 is 2.61 bits per heavy atom. The molecule has 1 unspecified atom stereocenters. The highest BCUT2D eigenvalue weighted by Crippen LogP contribution is 2.14. The Morgan fingerprint density at radius 1 is 1.33 bits per heavy atom. The molecule has 1 aliphatic rings. The molecule has 3 nitrogen and oxygen atoms in total. The van der Waals surface area contributed by atoms with E-state index in [0.717, 1.165) is 29.7 Å². The average molecular weight is 311 g/mol. The molecular formula is C14H19BrN2O. The van der Waals surface area contributed by atoms with Crippen molar-refractivity contribution in [3.8, 4) is 0 Å². The number of amides is 1. The minimum Gasteiger partial charge on any atom is -0.337 e. The molecule has 1 fully saturated rings. The molecule has 0 aliphatic carbocycles. The van der Waals surface area contributed by atoms with Crippen LogP contribution in [-0.4, -0.2) is 48.4 Å². The lowest BCUT2D eigenvalue weighted by molar-refractivity contribution is -0.134. The van der Waals surface area contributed by atoms with Crippen molar-refractivity contribution in [1.29, 1.82) is 0 Å². The summed E-state index contributed by atoms with van der Waals surface area (Å²) < 4.78 is 1.05. The normalized spacial score (nSPS) is 21.1. The summed E-state index contributed by atoms with van der Waals surface area (Å²) >= 11 is 3.40. The van der Waals surface area contributed by atoms with Gasteiger partial charge in [-0.15, -0.1) is 0 Å². The molecule has 1 atom stereocenters. The second kappa shape index (κ2) is 5.85. The first-order valence-corrected chi connectivity index (χ1v) is 7.08. The van der Waals surface area contributed by atoms with Gasteiger partial charge in [-0.3, -0.25) is 4.79 Å². The maximum atomic E-state index is 12.3. The number of rotatable bonds is 2. The van der Waals surface area contributed by atoms with Gasteiger partial charge in [-0.25, -0.2) is 0 Å². The highest BCUT2D eigenvalue weighted by atomic mass is 79.9. The monoisotopic (exact) mass is 310 g/mol. The first-order valence-electron chi connectivity index (χ1n) is 6.28. The van der Waals surface area contributed by atoms with Crippen LogP contribution in [0.5, 0.6) is 0 Å². The number of hydrogen-bond acceptors (Lipinski definition) is 2. The molecule has 4 heteroatoms. The lowest BCUT2D eigenvalue weighted by atomic mass is 10.1. The van der Waals surface area contributed by atoms with Gasteiger partial charge in [0.15, 0.2) is 0 Å². The van der Waals surface area contributed by atoms with E-state index < -0.39 is 0 Å². The largest absolute Gasteiger partial charge is 0.337 e. The maximum Gasteiger partial charge on any atom is 0.227 e. The lowest BCUT2D eigenvalue weighted by Gasteiger charge is -2.38. The molecule has 98 valence electrons. The van der Waals surface area contributed by atoms with E-state index in [0.29, 0.717) is 12.5 Å². The van der Waals surface area contributed by atoms with Crippen LogP contribution < -0.4 is 0 Å². The van der Waals surface area contributed by atoms with Crippen LogP contribution in [0.25, 0.3) is 0 Å². The molecule has 0 radical (unpaired) electrons. The summed E-state index contributed by atoms with van der Waals surface area (Å²) in [7, 11) is 2.10. The number of halogens is 1. The van der Waals surface area contributed by atoms with E-state index in [1.807, 2.05) is 29.2 Å². The van der Waals surface area contributed by atoms with E-state index >= 15 is 0 Å². The van der Waals surface area contributed by atoms with Crippen molar-refractivity contribution in [2.24, 2.45) is 0 Å². The van der Waals surface area contributed by atoms with Crippen LogP contribution in [0.1, 0.15) is 12.5 Å². The quantitative estimate of drug-likeness (QED) is 0.835. The molecule has 1 aliphatic heterocycles. The van der Waals surface area contributed by atoms with Gasteiger partial charge in [0.05, 0.1) is 6.42 Å². The minimum absolute atomic E-state index is 0.234. The summed E-state index contributed by atoms with van der Waals surface area (Å²) in [6, 6.07) is 8.28. The Kier molecular flexibility index (Phi) is 4.40. The summed E-state index contributed by atoms with van der Waals surface area (Å²) in [6.07, 6.45) is 0.501. The van der Waals surface area contributed by atoms with Crippen LogP contribution in [0.3, 0.4) is 0 Å². The molecule has 0 saturated carbocycles. The number of likely N-dealkylation sites (N-methyl/N-ethyl adjacent to an activating group) is 1. The second-order valence-electron chi connectivity index (χ2n) is 5.00. The second-order valence-corrected chi connectivity index (χ2v) is 5.92. The average Bonchev–Trinajstić information content (AvgIpc) is 2.32. The molecular weight excluding hydrogens is 292 g/mol. The Balaban J connectivity index is 1.97. The molecule has 1 saturated heterocycles. The fourth-order valence-corrected chi connectivity index (χ4v) is 2.65. The van der Waals surface area contributed by atoms with Crippen LogP contribution in [0, 0.1) is 0 Å². The molecule has 2 rings (SSSR count). The molecule has 1 aromatic carbocycles. The third-order valence-electron chi connectivity index (χ3n) is 3.42. The smallest absolute Gasteiger partial charge is 0.227 e. The summed E-state index contributed by atoms with van der Waals surface area (Å²) in [5.74, 6) is 0.234. The maximum absolute atomic E-state index is 12.3. The van der Waals surface area contributed by atoms with Gasteiger partial charge in [0.2, 0.25) is 5.91 Å². The molecule has 0 aromatic heterocycles. The van der Waals surface area contributed by atoms with Gasteiger partial charge in [-0.2, -0.15) is 0 Å². The first-order chi connectivity index (χ1) is 8.56. The molecule has 18 heavy (non-hydrogen) atoms. The van der Waals surface area contributed by atoms with Gasteiger partial charge >= 0.3 is 0 Å². The zero-order valence-corrected chi connectivity index (χ0v) is 12.5. The molecule has 1 heterocycles. The summed E-state index contributed by atoms with van der Waals surface area (Å²) in [5, 5.41) is 0.